The summed E-state index contributed by atoms with van der Waals surface area (Å²) in [5, 5.41) is 4.35. The SMILES string of the molecule is CCN(CC)C(=O)[C@@H]1Cn2ccnc2C2(CCN(Cc3ccsc3)CC2)O1. The van der Waals surface area contributed by atoms with Gasteiger partial charge in [0.25, 0.3) is 5.91 Å². The number of rotatable bonds is 5. The number of aromatic nitrogens is 2. The monoisotopic (exact) mass is 388 g/mol. The van der Waals surface area contributed by atoms with E-state index in [0.717, 1.165) is 38.3 Å². The Bertz CT molecular complexity index is 761. The fourth-order valence-electron chi connectivity index (χ4n) is 4.32. The minimum absolute atomic E-state index is 0.0967. The van der Waals surface area contributed by atoms with Crippen LogP contribution in [-0.4, -0.2) is 57.5 Å². The summed E-state index contributed by atoms with van der Waals surface area (Å²) < 4.78 is 8.66. The van der Waals surface area contributed by atoms with Gasteiger partial charge in [0.2, 0.25) is 0 Å². The van der Waals surface area contributed by atoms with Gasteiger partial charge in [0.05, 0.1) is 6.54 Å². The molecule has 6 nitrogen and oxygen atoms in total. The van der Waals surface area contributed by atoms with E-state index >= 15 is 0 Å². The van der Waals surface area contributed by atoms with Crippen LogP contribution in [0.4, 0.5) is 0 Å². The first-order valence-electron chi connectivity index (χ1n) is 9.87. The second-order valence-corrected chi connectivity index (χ2v) is 8.20. The summed E-state index contributed by atoms with van der Waals surface area (Å²) in [6.45, 7) is 8.92. The van der Waals surface area contributed by atoms with E-state index in [1.807, 2.05) is 31.1 Å². The molecule has 1 atom stereocenters. The molecule has 0 bridgehead atoms. The molecule has 27 heavy (non-hydrogen) atoms. The molecule has 4 rings (SSSR count). The van der Waals surface area contributed by atoms with Gasteiger partial charge in [-0.1, -0.05) is 0 Å². The second-order valence-electron chi connectivity index (χ2n) is 7.42. The third-order valence-corrected chi connectivity index (χ3v) is 6.59. The van der Waals surface area contributed by atoms with E-state index < -0.39 is 11.7 Å². The molecule has 0 aromatic carbocycles. The Balaban J connectivity index is 1.51. The number of carbonyl (C=O) groups is 1. The Labute approximate surface area is 164 Å². The maximum Gasteiger partial charge on any atom is 0.253 e. The lowest BCUT2D eigenvalue weighted by molar-refractivity contribution is -0.181. The molecule has 2 aromatic rings. The highest BCUT2D eigenvalue weighted by Crippen LogP contribution is 2.40. The molecule has 1 saturated heterocycles. The number of amides is 1. The van der Waals surface area contributed by atoms with Gasteiger partial charge in [-0.15, -0.1) is 0 Å². The van der Waals surface area contributed by atoms with Crippen LogP contribution in [0.5, 0.6) is 0 Å². The molecule has 1 fully saturated rings. The maximum atomic E-state index is 13.0. The van der Waals surface area contributed by atoms with Gasteiger partial charge in [-0.05, 0) is 49.1 Å². The van der Waals surface area contributed by atoms with E-state index in [9.17, 15) is 4.79 Å². The standard InChI is InChI=1S/C20H28N4O2S/c1-3-23(4-2)18(25)17-14-24-11-8-21-19(24)20(26-17)6-9-22(10-7-20)13-16-5-12-27-15-16/h5,8,11-12,15,17H,3-4,6-7,9-10,13-14H2,1-2H3/t17-/m0/s1. The smallest absolute Gasteiger partial charge is 0.253 e. The van der Waals surface area contributed by atoms with Crippen LogP contribution < -0.4 is 0 Å². The van der Waals surface area contributed by atoms with Crippen molar-refractivity contribution in [3.8, 4) is 0 Å². The van der Waals surface area contributed by atoms with Crippen LogP contribution in [0.3, 0.4) is 0 Å². The molecule has 2 aromatic heterocycles. The topological polar surface area (TPSA) is 50.6 Å². The maximum absolute atomic E-state index is 13.0. The number of piperidine rings is 1. The third-order valence-electron chi connectivity index (χ3n) is 5.85. The third kappa shape index (κ3) is 3.56. The van der Waals surface area contributed by atoms with Crippen molar-refractivity contribution in [1.29, 1.82) is 0 Å². The lowest BCUT2D eigenvalue weighted by Gasteiger charge is -2.46. The summed E-state index contributed by atoms with van der Waals surface area (Å²) in [5.41, 5.74) is 0.928. The molecule has 4 heterocycles. The summed E-state index contributed by atoms with van der Waals surface area (Å²) in [4.78, 5) is 21.9. The van der Waals surface area contributed by atoms with Gasteiger partial charge in [0, 0.05) is 45.1 Å². The van der Waals surface area contributed by atoms with E-state index in [2.05, 4.69) is 31.3 Å². The first kappa shape index (κ1) is 18.7. The lowest BCUT2D eigenvalue weighted by atomic mass is 9.88. The number of thiophene rings is 1. The Kier molecular flexibility index (Phi) is 5.34. The van der Waals surface area contributed by atoms with Gasteiger partial charge in [0.15, 0.2) is 6.10 Å². The van der Waals surface area contributed by atoms with Crippen molar-refractivity contribution in [3.63, 3.8) is 0 Å². The van der Waals surface area contributed by atoms with E-state index in [0.29, 0.717) is 19.6 Å². The van der Waals surface area contributed by atoms with E-state index in [-0.39, 0.29) is 5.91 Å². The Morgan fingerprint density at radius 3 is 2.81 bits per heavy atom. The first-order chi connectivity index (χ1) is 13.1. The van der Waals surface area contributed by atoms with Gasteiger partial charge in [-0.3, -0.25) is 9.69 Å². The van der Waals surface area contributed by atoms with Crippen molar-refractivity contribution in [3.05, 3.63) is 40.6 Å². The average molecular weight is 389 g/mol. The number of likely N-dealkylation sites (N-methyl/N-ethyl adjacent to an activating group) is 1. The largest absolute Gasteiger partial charge is 0.352 e. The molecule has 2 aliphatic heterocycles. The number of imidazole rings is 1. The Morgan fingerprint density at radius 2 is 2.15 bits per heavy atom. The molecule has 0 aliphatic carbocycles. The normalized spacial score (nSPS) is 21.9. The van der Waals surface area contributed by atoms with Crippen LogP contribution in [-0.2, 0) is 28.2 Å². The summed E-state index contributed by atoms with van der Waals surface area (Å²) in [5.74, 6) is 1.08. The second kappa shape index (κ2) is 7.73. The predicted octanol–water partition coefficient (Wildman–Crippen LogP) is 2.70. The quantitative estimate of drug-likeness (QED) is 0.790. The molecule has 1 amide bonds. The Morgan fingerprint density at radius 1 is 1.37 bits per heavy atom. The highest BCUT2D eigenvalue weighted by molar-refractivity contribution is 7.07. The van der Waals surface area contributed by atoms with Gasteiger partial charge in [-0.2, -0.15) is 11.3 Å². The number of ether oxygens (including phenoxy) is 1. The zero-order valence-electron chi connectivity index (χ0n) is 16.1. The van der Waals surface area contributed by atoms with Crippen molar-refractivity contribution >= 4 is 17.2 Å². The van der Waals surface area contributed by atoms with Crippen molar-refractivity contribution in [2.45, 2.75) is 51.5 Å². The van der Waals surface area contributed by atoms with Gasteiger partial charge in [-0.25, -0.2) is 4.98 Å². The fraction of sp³-hybridized carbons (Fsp3) is 0.600. The predicted molar refractivity (Wildman–Crippen MR) is 106 cm³/mol. The number of carbonyl (C=O) groups excluding carboxylic acids is 1. The van der Waals surface area contributed by atoms with Crippen molar-refractivity contribution in [2.75, 3.05) is 26.2 Å². The summed E-state index contributed by atoms with van der Waals surface area (Å²) in [6.07, 6.45) is 5.14. The number of nitrogens with zero attached hydrogens (tertiary/aromatic N) is 4. The molecular formula is C20H28N4O2S. The zero-order valence-corrected chi connectivity index (χ0v) is 17.0. The van der Waals surface area contributed by atoms with Crippen LogP contribution in [0.2, 0.25) is 0 Å². The van der Waals surface area contributed by atoms with Gasteiger partial charge >= 0.3 is 0 Å². The van der Waals surface area contributed by atoms with Crippen LogP contribution in [0, 0.1) is 0 Å². The van der Waals surface area contributed by atoms with Gasteiger partial charge < -0.3 is 14.2 Å². The summed E-state index contributed by atoms with van der Waals surface area (Å²) in [7, 11) is 0. The summed E-state index contributed by atoms with van der Waals surface area (Å²) >= 11 is 1.75. The first-order valence-corrected chi connectivity index (χ1v) is 10.8. The average Bonchev–Trinajstić information content (AvgIpc) is 3.36. The minimum Gasteiger partial charge on any atom is -0.352 e. The van der Waals surface area contributed by atoms with Crippen molar-refractivity contribution < 1.29 is 9.53 Å². The zero-order chi connectivity index (χ0) is 18.9. The molecular weight excluding hydrogens is 360 g/mol. The summed E-state index contributed by atoms with van der Waals surface area (Å²) in [6, 6.07) is 2.19. The van der Waals surface area contributed by atoms with Crippen LogP contribution >= 0.6 is 11.3 Å². The number of likely N-dealkylation sites (tertiary alicyclic amines) is 1. The molecule has 0 saturated carbocycles. The van der Waals surface area contributed by atoms with E-state index in [1.54, 1.807) is 11.3 Å². The molecule has 7 heteroatoms. The fourth-order valence-corrected chi connectivity index (χ4v) is 4.98. The molecule has 0 unspecified atom stereocenters. The van der Waals surface area contributed by atoms with Gasteiger partial charge in [0.1, 0.15) is 11.4 Å². The number of hydrogen-bond acceptors (Lipinski definition) is 5. The number of hydrogen-bond donors (Lipinski definition) is 0. The lowest BCUT2D eigenvalue weighted by Crippen LogP contribution is -2.54. The van der Waals surface area contributed by atoms with Crippen molar-refractivity contribution in [2.24, 2.45) is 0 Å². The Hall–Kier alpha value is -1.70. The van der Waals surface area contributed by atoms with Crippen LogP contribution in [0.15, 0.2) is 29.2 Å². The van der Waals surface area contributed by atoms with Crippen LogP contribution in [0.1, 0.15) is 38.1 Å². The molecule has 0 N–H and O–H groups in total. The molecule has 0 radical (unpaired) electrons. The van der Waals surface area contributed by atoms with Crippen LogP contribution in [0.25, 0.3) is 0 Å². The molecule has 1 spiro atoms. The van der Waals surface area contributed by atoms with E-state index in [4.69, 9.17) is 4.74 Å². The highest BCUT2D eigenvalue weighted by atomic mass is 32.1. The molecule has 2 aliphatic rings. The minimum atomic E-state index is -0.444. The van der Waals surface area contributed by atoms with Crippen molar-refractivity contribution in [1.82, 2.24) is 19.4 Å². The molecule has 146 valence electrons. The van der Waals surface area contributed by atoms with E-state index in [1.165, 1.54) is 5.56 Å². The number of fused-ring (bicyclic) bond motifs is 2. The highest BCUT2D eigenvalue weighted by Gasteiger charge is 2.47.